The largest absolute Gasteiger partial charge is 0.325 e. The van der Waals surface area contributed by atoms with Crippen molar-refractivity contribution in [2.75, 3.05) is 11.5 Å². The summed E-state index contributed by atoms with van der Waals surface area (Å²) in [5.41, 5.74) is 6.38. The minimum atomic E-state index is -3.56. The van der Waals surface area contributed by atoms with Crippen LogP contribution < -0.4 is 10.5 Å². The maximum Gasteiger partial charge on any atom is 0.244 e. The third kappa shape index (κ3) is 3.71. The van der Waals surface area contributed by atoms with Crippen molar-refractivity contribution < 1.29 is 8.42 Å². The number of thioether (sulfide) groups is 1. The molecule has 1 heterocycles. The zero-order chi connectivity index (χ0) is 13.8. The van der Waals surface area contributed by atoms with Gasteiger partial charge < -0.3 is 5.73 Å². The lowest BCUT2D eigenvalue weighted by Crippen LogP contribution is -2.35. The average Bonchev–Trinajstić information content (AvgIpc) is 2.67. The summed E-state index contributed by atoms with van der Waals surface area (Å²) in [5, 5.41) is 6.55. The van der Waals surface area contributed by atoms with Crippen LogP contribution in [0.25, 0.3) is 0 Å². The van der Waals surface area contributed by atoms with E-state index in [1.165, 1.54) is 0 Å². The number of nitrogens with one attached hydrogen (secondary N) is 2. The van der Waals surface area contributed by atoms with Crippen LogP contribution in [0.1, 0.15) is 25.2 Å². The summed E-state index contributed by atoms with van der Waals surface area (Å²) in [4.78, 5) is 0.179. The molecule has 8 heteroatoms. The fraction of sp³-hybridized carbons (Fsp3) is 0.700. The number of aromatic nitrogens is 2. The Balaban J connectivity index is 2.89. The quantitative estimate of drug-likeness (QED) is 0.683. The maximum atomic E-state index is 12.2. The molecule has 1 rings (SSSR count). The minimum Gasteiger partial charge on any atom is -0.325 e. The van der Waals surface area contributed by atoms with Gasteiger partial charge in [0.05, 0.1) is 11.4 Å². The number of hydrogen-bond donors (Lipinski definition) is 3. The molecule has 0 aromatic carbocycles. The Bertz CT molecular complexity index is 484. The van der Waals surface area contributed by atoms with E-state index in [0.717, 1.165) is 11.5 Å². The smallest absolute Gasteiger partial charge is 0.244 e. The van der Waals surface area contributed by atoms with Crippen LogP contribution in [0.3, 0.4) is 0 Å². The molecule has 0 spiro atoms. The van der Waals surface area contributed by atoms with E-state index in [-0.39, 0.29) is 17.5 Å². The first-order valence-electron chi connectivity index (χ1n) is 5.76. The van der Waals surface area contributed by atoms with Crippen LogP contribution >= 0.6 is 11.8 Å². The molecule has 1 aromatic heterocycles. The summed E-state index contributed by atoms with van der Waals surface area (Å²) in [6, 6.07) is -0.125. The molecule has 104 valence electrons. The molecule has 0 amide bonds. The van der Waals surface area contributed by atoms with Crippen molar-refractivity contribution in [3.05, 3.63) is 11.4 Å². The first-order valence-corrected chi connectivity index (χ1v) is 8.40. The number of H-pyrrole nitrogens is 1. The minimum absolute atomic E-state index is 0.0959. The number of nitrogens with two attached hydrogens (primary N) is 1. The lowest BCUT2D eigenvalue weighted by molar-refractivity contribution is 0.569. The van der Waals surface area contributed by atoms with Crippen molar-refractivity contribution in [2.24, 2.45) is 5.73 Å². The molecule has 0 aliphatic heterocycles. The molecule has 0 saturated carbocycles. The second-order valence-corrected chi connectivity index (χ2v) is 6.98. The number of aromatic amines is 1. The predicted molar refractivity (Wildman–Crippen MR) is 74.0 cm³/mol. The van der Waals surface area contributed by atoms with E-state index in [2.05, 4.69) is 14.9 Å². The number of aryl methyl sites for hydroxylation is 1. The molecule has 0 aliphatic carbocycles. The Labute approximate surface area is 112 Å². The van der Waals surface area contributed by atoms with Crippen LogP contribution in [0.2, 0.25) is 0 Å². The van der Waals surface area contributed by atoms with Gasteiger partial charge in [0.25, 0.3) is 0 Å². The van der Waals surface area contributed by atoms with Gasteiger partial charge in [0.1, 0.15) is 4.90 Å². The molecule has 0 fully saturated rings. The van der Waals surface area contributed by atoms with Crippen LogP contribution in [0, 0.1) is 6.92 Å². The van der Waals surface area contributed by atoms with E-state index in [9.17, 15) is 8.42 Å². The van der Waals surface area contributed by atoms with Crippen LogP contribution in [0.15, 0.2) is 4.90 Å². The van der Waals surface area contributed by atoms with Gasteiger partial charge in [-0.2, -0.15) is 16.9 Å². The fourth-order valence-electron chi connectivity index (χ4n) is 1.62. The van der Waals surface area contributed by atoms with Crippen molar-refractivity contribution in [2.45, 2.75) is 38.3 Å². The maximum absolute atomic E-state index is 12.2. The number of sulfonamides is 1. The second-order valence-electron chi connectivity index (χ2n) is 4.01. The lowest BCUT2D eigenvalue weighted by atomic mass is 10.4. The normalized spacial score (nSPS) is 13.8. The first kappa shape index (κ1) is 15.5. The van der Waals surface area contributed by atoms with Crippen molar-refractivity contribution in [1.82, 2.24) is 14.9 Å². The van der Waals surface area contributed by atoms with E-state index in [1.807, 2.05) is 13.8 Å². The zero-order valence-corrected chi connectivity index (χ0v) is 12.5. The van der Waals surface area contributed by atoms with Crippen molar-refractivity contribution in [3.63, 3.8) is 0 Å². The lowest BCUT2D eigenvalue weighted by Gasteiger charge is -2.13. The summed E-state index contributed by atoms with van der Waals surface area (Å²) in [6.45, 7) is 5.65. The highest BCUT2D eigenvalue weighted by Crippen LogP contribution is 2.17. The van der Waals surface area contributed by atoms with Gasteiger partial charge >= 0.3 is 0 Å². The van der Waals surface area contributed by atoms with Gasteiger partial charge in [-0.05, 0) is 19.6 Å². The molecule has 6 nitrogen and oxygen atoms in total. The van der Waals surface area contributed by atoms with Gasteiger partial charge in [0.15, 0.2) is 0 Å². The Morgan fingerprint density at radius 2 is 2.22 bits per heavy atom. The molecule has 18 heavy (non-hydrogen) atoms. The molecule has 0 bridgehead atoms. The van der Waals surface area contributed by atoms with Crippen molar-refractivity contribution in [3.8, 4) is 0 Å². The van der Waals surface area contributed by atoms with Crippen molar-refractivity contribution in [1.29, 1.82) is 0 Å². The average molecular weight is 292 g/mol. The molecule has 0 aliphatic rings. The third-order valence-electron chi connectivity index (χ3n) is 2.35. The third-order valence-corrected chi connectivity index (χ3v) is 5.29. The van der Waals surface area contributed by atoms with E-state index in [1.54, 1.807) is 18.7 Å². The van der Waals surface area contributed by atoms with Crippen LogP contribution in [-0.2, 0) is 16.6 Å². The molecule has 0 saturated heterocycles. The van der Waals surface area contributed by atoms with Crippen LogP contribution in [-0.4, -0.2) is 36.2 Å². The zero-order valence-electron chi connectivity index (χ0n) is 10.9. The Morgan fingerprint density at radius 1 is 1.56 bits per heavy atom. The van der Waals surface area contributed by atoms with E-state index < -0.39 is 10.0 Å². The van der Waals surface area contributed by atoms with Gasteiger partial charge in [-0.3, -0.25) is 5.10 Å². The number of hydrogen-bond acceptors (Lipinski definition) is 5. The Morgan fingerprint density at radius 3 is 2.78 bits per heavy atom. The Kier molecular flexibility index (Phi) is 5.64. The van der Waals surface area contributed by atoms with Gasteiger partial charge in [0, 0.05) is 18.3 Å². The SMILES string of the molecule is CCSCC(C)NS(=O)(=O)c1c(CN)n[nH]c1C. The van der Waals surface area contributed by atoms with Gasteiger partial charge in [-0.25, -0.2) is 13.1 Å². The van der Waals surface area contributed by atoms with Gasteiger partial charge in [-0.1, -0.05) is 6.92 Å². The Hall–Kier alpha value is -0.570. The number of rotatable bonds is 7. The van der Waals surface area contributed by atoms with Gasteiger partial charge in [-0.15, -0.1) is 0 Å². The summed E-state index contributed by atoms with van der Waals surface area (Å²) < 4.78 is 27.1. The molecular formula is C10H20N4O2S2. The van der Waals surface area contributed by atoms with E-state index >= 15 is 0 Å². The summed E-state index contributed by atoms with van der Waals surface area (Å²) >= 11 is 1.69. The fourth-order valence-corrected chi connectivity index (χ4v) is 4.01. The molecule has 1 atom stereocenters. The summed E-state index contributed by atoms with van der Waals surface area (Å²) in [7, 11) is -3.56. The standard InChI is InChI=1S/C10H20N4O2S2/c1-4-17-6-7(2)14-18(15,16)10-8(3)12-13-9(10)5-11/h7,14H,4-6,11H2,1-3H3,(H,12,13). The highest BCUT2D eigenvalue weighted by Gasteiger charge is 2.25. The first-order chi connectivity index (χ1) is 8.42. The molecule has 4 N–H and O–H groups in total. The van der Waals surface area contributed by atoms with Crippen LogP contribution in [0.4, 0.5) is 0 Å². The van der Waals surface area contributed by atoms with E-state index in [0.29, 0.717) is 11.4 Å². The molecular weight excluding hydrogens is 272 g/mol. The molecule has 1 unspecified atom stereocenters. The van der Waals surface area contributed by atoms with Gasteiger partial charge in [0.2, 0.25) is 10.0 Å². The van der Waals surface area contributed by atoms with E-state index in [4.69, 9.17) is 5.73 Å². The van der Waals surface area contributed by atoms with Crippen LogP contribution in [0.5, 0.6) is 0 Å². The van der Waals surface area contributed by atoms with Crippen molar-refractivity contribution >= 4 is 21.8 Å². The summed E-state index contributed by atoms with van der Waals surface area (Å²) in [6.07, 6.45) is 0. The monoisotopic (exact) mass is 292 g/mol. The highest BCUT2D eigenvalue weighted by molar-refractivity contribution is 7.99. The predicted octanol–water partition coefficient (Wildman–Crippen LogP) is 0.597. The molecule has 0 radical (unpaired) electrons. The second kappa shape index (κ2) is 6.55. The molecule has 1 aromatic rings. The topological polar surface area (TPSA) is 101 Å². The highest BCUT2D eigenvalue weighted by atomic mass is 32.2. The number of nitrogens with zero attached hydrogens (tertiary/aromatic N) is 1. The summed E-state index contributed by atoms with van der Waals surface area (Å²) in [5.74, 6) is 1.70.